The summed E-state index contributed by atoms with van der Waals surface area (Å²) in [5.74, 6) is 1.80. The summed E-state index contributed by atoms with van der Waals surface area (Å²) in [6.07, 6.45) is 2.42. The van der Waals surface area contributed by atoms with E-state index >= 15 is 0 Å². The molecule has 18 heavy (non-hydrogen) atoms. The van der Waals surface area contributed by atoms with E-state index in [9.17, 15) is 0 Å². The number of anilines is 1. The molecule has 7 heteroatoms. The quantitative estimate of drug-likeness (QED) is 0.355. The fraction of sp³-hybridized carbons (Fsp3) is 0.727. The second kappa shape index (κ2) is 5.51. The van der Waals surface area contributed by atoms with E-state index in [2.05, 4.69) is 26.3 Å². The average molecular weight is 269 g/mol. The van der Waals surface area contributed by atoms with Crippen molar-refractivity contribution in [2.45, 2.75) is 32.6 Å². The highest BCUT2D eigenvalue weighted by Crippen LogP contribution is 2.39. The van der Waals surface area contributed by atoms with Crippen LogP contribution >= 0.6 is 11.5 Å². The van der Waals surface area contributed by atoms with Crippen molar-refractivity contribution in [2.75, 3.05) is 18.0 Å². The molecule has 6 nitrogen and oxygen atoms in total. The summed E-state index contributed by atoms with van der Waals surface area (Å²) in [6.45, 7) is 5.52. The lowest BCUT2D eigenvalue weighted by atomic mass is 10.1. The molecule has 1 aromatic rings. The van der Waals surface area contributed by atoms with Gasteiger partial charge >= 0.3 is 0 Å². The zero-order chi connectivity index (χ0) is 13.1. The molecule has 3 N–H and O–H groups in total. The van der Waals surface area contributed by atoms with Crippen LogP contribution in [0.2, 0.25) is 0 Å². The van der Waals surface area contributed by atoms with Gasteiger partial charge in [-0.2, -0.15) is 4.37 Å². The Balaban J connectivity index is 2.02. The molecule has 1 saturated carbocycles. The Morgan fingerprint density at radius 1 is 1.67 bits per heavy atom. The summed E-state index contributed by atoms with van der Waals surface area (Å²) < 4.78 is 4.40. The number of rotatable bonds is 6. The number of nitrogens with two attached hydrogens (primary N) is 1. The van der Waals surface area contributed by atoms with E-state index in [-0.39, 0.29) is 11.8 Å². The van der Waals surface area contributed by atoms with Gasteiger partial charge in [-0.25, -0.2) is 4.98 Å². The third-order valence-electron chi connectivity index (χ3n) is 3.14. The Hall–Kier alpha value is -1.37. The molecule has 2 rings (SSSR count). The molecular weight excluding hydrogens is 250 g/mol. The van der Waals surface area contributed by atoms with Crippen LogP contribution in [-0.4, -0.2) is 33.5 Å². The summed E-state index contributed by atoms with van der Waals surface area (Å²) in [6, 6.07) is 0. The molecule has 1 atom stereocenters. The first-order valence-corrected chi connectivity index (χ1v) is 6.99. The van der Waals surface area contributed by atoms with Gasteiger partial charge in [0.25, 0.3) is 0 Å². The second-order valence-electron chi connectivity index (χ2n) is 4.67. The number of hydrogen-bond acceptors (Lipinski definition) is 6. The molecule has 1 fully saturated rings. The van der Waals surface area contributed by atoms with Gasteiger partial charge in [0.1, 0.15) is 11.7 Å². The first kappa shape index (κ1) is 13.1. The van der Waals surface area contributed by atoms with Crippen LogP contribution in [0, 0.1) is 5.92 Å². The Morgan fingerprint density at radius 3 is 2.94 bits per heavy atom. The maximum absolute atomic E-state index is 8.67. The minimum atomic E-state index is -0.0109. The number of hydrogen-bond donors (Lipinski definition) is 2. The van der Waals surface area contributed by atoms with E-state index < -0.39 is 0 Å². The first-order chi connectivity index (χ1) is 8.65. The maximum Gasteiger partial charge on any atom is 0.205 e. The van der Waals surface area contributed by atoms with Crippen molar-refractivity contribution in [1.82, 2.24) is 9.36 Å². The highest BCUT2D eigenvalue weighted by atomic mass is 32.1. The second-order valence-corrected chi connectivity index (χ2v) is 5.40. The smallest absolute Gasteiger partial charge is 0.205 e. The van der Waals surface area contributed by atoms with Crippen LogP contribution in [0.1, 0.15) is 38.4 Å². The van der Waals surface area contributed by atoms with Gasteiger partial charge in [0.15, 0.2) is 0 Å². The topological polar surface area (TPSA) is 87.6 Å². The lowest BCUT2D eigenvalue weighted by Crippen LogP contribution is -2.34. The molecule has 0 amide bonds. The van der Waals surface area contributed by atoms with Gasteiger partial charge < -0.3 is 15.8 Å². The largest absolute Gasteiger partial charge is 0.409 e. The van der Waals surface area contributed by atoms with Crippen LogP contribution in [0.15, 0.2) is 5.16 Å². The maximum atomic E-state index is 8.67. The van der Waals surface area contributed by atoms with Gasteiger partial charge in [-0.15, -0.1) is 0 Å². The van der Waals surface area contributed by atoms with Crippen LogP contribution in [0.5, 0.6) is 0 Å². The molecule has 1 unspecified atom stereocenters. The summed E-state index contributed by atoms with van der Waals surface area (Å²) in [7, 11) is 0. The van der Waals surface area contributed by atoms with E-state index in [1.807, 2.05) is 6.92 Å². The molecule has 0 bridgehead atoms. The number of oxime groups is 1. The van der Waals surface area contributed by atoms with Crippen LogP contribution < -0.4 is 10.6 Å². The fourth-order valence-electron chi connectivity index (χ4n) is 1.73. The van der Waals surface area contributed by atoms with Gasteiger partial charge in [0.2, 0.25) is 5.13 Å². The molecule has 1 aliphatic carbocycles. The molecule has 0 radical (unpaired) electrons. The van der Waals surface area contributed by atoms with Gasteiger partial charge in [-0.3, -0.25) is 0 Å². The van der Waals surface area contributed by atoms with Crippen LogP contribution in [-0.2, 0) is 0 Å². The molecule has 0 saturated heterocycles. The third kappa shape index (κ3) is 2.90. The molecule has 1 heterocycles. The molecular formula is C11H19N5OS. The first-order valence-electron chi connectivity index (χ1n) is 6.21. The SMILES string of the molecule is CCN(CC(C)C(N)=NO)c1nc(C2CC2)ns1. The normalized spacial score (nSPS) is 17.8. The average Bonchev–Trinajstić information content (AvgIpc) is 3.13. The van der Waals surface area contributed by atoms with E-state index in [0.29, 0.717) is 12.5 Å². The number of nitrogens with zero attached hydrogens (tertiary/aromatic N) is 4. The Bertz CT molecular complexity index is 429. The highest BCUT2D eigenvalue weighted by Gasteiger charge is 2.28. The van der Waals surface area contributed by atoms with E-state index in [1.165, 1.54) is 24.4 Å². The summed E-state index contributed by atoms with van der Waals surface area (Å²) in [5, 5.41) is 12.6. The summed E-state index contributed by atoms with van der Waals surface area (Å²) in [5.41, 5.74) is 5.60. The van der Waals surface area contributed by atoms with E-state index in [4.69, 9.17) is 10.9 Å². The van der Waals surface area contributed by atoms with Gasteiger partial charge in [0, 0.05) is 36.5 Å². The predicted molar refractivity (Wildman–Crippen MR) is 72.3 cm³/mol. The summed E-state index contributed by atoms with van der Waals surface area (Å²) >= 11 is 1.43. The fourth-order valence-corrected chi connectivity index (χ4v) is 2.55. The van der Waals surface area contributed by atoms with E-state index in [0.717, 1.165) is 17.5 Å². The van der Waals surface area contributed by atoms with Crippen molar-refractivity contribution in [3.63, 3.8) is 0 Å². The Kier molecular flexibility index (Phi) is 4.00. The van der Waals surface area contributed by atoms with Crippen molar-refractivity contribution >= 4 is 22.5 Å². The summed E-state index contributed by atoms with van der Waals surface area (Å²) in [4.78, 5) is 6.69. The van der Waals surface area contributed by atoms with Crippen molar-refractivity contribution in [1.29, 1.82) is 0 Å². The van der Waals surface area contributed by atoms with Crippen molar-refractivity contribution in [2.24, 2.45) is 16.8 Å². The van der Waals surface area contributed by atoms with Crippen molar-refractivity contribution < 1.29 is 5.21 Å². The minimum Gasteiger partial charge on any atom is -0.409 e. The van der Waals surface area contributed by atoms with Crippen LogP contribution in [0.3, 0.4) is 0 Å². The minimum absolute atomic E-state index is 0.0109. The molecule has 0 spiro atoms. The number of amidine groups is 1. The van der Waals surface area contributed by atoms with Crippen molar-refractivity contribution in [3.8, 4) is 0 Å². The van der Waals surface area contributed by atoms with Gasteiger partial charge in [-0.1, -0.05) is 12.1 Å². The lowest BCUT2D eigenvalue weighted by Gasteiger charge is -2.22. The van der Waals surface area contributed by atoms with Gasteiger partial charge in [0.05, 0.1) is 0 Å². The zero-order valence-electron chi connectivity index (χ0n) is 10.7. The third-order valence-corrected chi connectivity index (χ3v) is 3.93. The van der Waals surface area contributed by atoms with E-state index in [1.54, 1.807) is 0 Å². The zero-order valence-corrected chi connectivity index (χ0v) is 11.5. The predicted octanol–water partition coefficient (Wildman–Crippen LogP) is 1.62. The molecule has 0 aliphatic heterocycles. The Labute approximate surface area is 111 Å². The molecule has 1 aromatic heterocycles. The Morgan fingerprint density at radius 2 is 2.39 bits per heavy atom. The molecule has 1 aliphatic rings. The monoisotopic (exact) mass is 269 g/mol. The lowest BCUT2D eigenvalue weighted by molar-refractivity contribution is 0.314. The molecule has 100 valence electrons. The van der Waals surface area contributed by atoms with Gasteiger partial charge in [-0.05, 0) is 19.8 Å². The molecule has 0 aromatic carbocycles. The number of aromatic nitrogens is 2. The van der Waals surface area contributed by atoms with Crippen LogP contribution in [0.25, 0.3) is 0 Å². The van der Waals surface area contributed by atoms with Crippen molar-refractivity contribution in [3.05, 3.63) is 5.82 Å². The van der Waals surface area contributed by atoms with Crippen LogP contribution in [0.4, 0.5) is 5.13 Å². The highest BCUT2D eigenvalue weighted by molar-refractivity contribution is 7.09. The standard InChI is InChI=1S/C11H19N5OS/c1-3-16(6-7(2)9(12)14-17)11-13-10(15-18-11)8-4-5-8/h7-8,17H,3-6H2,1-2H3,(H2,12,14).